The van der Waals surface area contributed by atoms with Crippen molar-refractivity contribution in [1.29, 1.82) is 0 Å². The molecule has 66 valence electrons. The van der Waals surface area contributed by atoms with Crippen molar-refractivity contribution in [3.8, 4) is 12.3 Å². The molecular formula is C9H13NOS. The summed E-state index contributed by atoms with van der Waals surface area (Å²) >= 11 is 1.91. The second kappa shape index (κ2) is 4.42. The van der Waals surface area contributed by atoms with Crippen molar-refractivity contribution >= 4 is 17.7 Å². The Labute approximate surface area is 77.7 Å². The number of terminal acetylenes is 1. The molecule has 0 N–H and O–H groups in total. The average Bonchev–Trinajstić information content (AvgIpc) is 2.29. The zero-order chi connectivity index (χ0) is 8.97. The molecule has 1 atom stereocenters. The van der Waals surface area contributed by atoms with E-state index in [4.69, 9.17) is 6.42 Å². The fourth-order valence-corrected chi connectivity index (χ4v) is 2.19. The molecule has 0 aromatic rings. The van der Waals surface area contributed by atoms with Crippen molar-refractivity contribution in [3.63, 3.8) is 0 Å². The molecule has 0 radical (unpaired) electrons. The van der Waals surface area contributed by atoms with E-state index < -0.39 is 0 Å². The predicted octanol–water partition coefficient (Wildman–Crippen LogP) is 0.974. The zero-order valence-corrected chi connectivity index (χ0v) is 8.06. The number of rotatable bonds is 0. The Morgan fingerprint density at radius 1 is 1.67 bits per heavy atom. The Morgan fingerprint density at radius 2 is 2.42 bits per heavy atom. The highest BCUT2D eigenvalue weighted by Crippen LogP contribution is 2.18. The molecule has 12 heavy (non-hydrogen) atoms. The van der Waals surface area contributed by atoms with Crippen LogP contribution in [0, 0.1) is 12.3 Å². The van der Waals surface area contributed by atoms with Crippen LogP contribution in [0.1, 0.15) is 13.3 Å². The van der Waals surface area contributed by atoms with Gasteiger partial charge in [0, 0.05) is 24.1 Å². The molecule has 0 aromatic heterocycles. The monoisotopic (exact) mass is 183 g/mol. The van der Waals surface area contributed by atoms with Crippen LogP contribution in [0.15, 0.2) is 0 Å². The lowest BCUT2D eigenvalue weighted by atomic mass is 10.3. The molecule has 1 fully saturated rings. The lowest BCUT2D eigenvalue weighted by Crippen LogP contribution is -2.31. The van der Waals surface area contributed by atoms with Crippen molar-refractivity contribution in [2.75, 3.05) is 18.8 Å². The first-order chi connectivity index (χ1) is 5.74. The topological polar surface area (TPSA) is 20.3 Å². The van der Waals surface area contributed by atoms with Crippen LogP contribution >= 0.6 is 11.8 Å². The fraction of sp³-hybridized carbons (Fsp3) is 0.667. The van der Waals surface area contributed by atoms with Crippen LogP contribution in [-0.2, 0) is 4.79 Å². The Balaban J connectivity index is 2.47. The average molecular weight is 183 g/mol. The van der Waals surface area contributed by atoms with Crippen molar-refractivity contribution in [2.45, 2.75) is 18.6 Å². The maximum absolute atomic E-state index is 11.1. The number of amides is 1. The molecule has 0 bridgehead atoms. The highest BCUT2D eigenvalue weighted by Gasteiger charge is 2.16. The van der Waals surface area contributed by atoms with Gasteiger partial charge in [0.25, 0.3) is 5.91 Å². The molecule has 1 aliphatic rings. The Bertz CT molecular complexity index is 209. The summed E-state index contributed by atoms with van der Waals surface area (Å²) in [6.07, 6.45) is 6.09. The lowest BCUT2D eigenvalue weighted by Gasteiger charge is -2.16. The van der Waals surface area contributed by atoms with E-state index in [0.29, 0.717) is 5.25 Å². The van der Waals surface area contributed by atoms with Crippen LogP contribution in [0.4, 0.5) is 0 Å². The van der Waals surface area contributed by atoms with Crippen LogP contribution in [0.25, 0.3) is 0 Å². The second-order valence-electron chi connectivity index (χ2n) is 2.91. The van der Waals surface area contributed by atoms with Gasteiger partial charge >= 0.3 is 0 Å². The van der Waals surface area contributed by atoms with Gasteiger partial charge in [-0.3, -0.25) is 4.79 Å². The quantitative estimate of drug-likeness (QED) is 0.522. The van der Waals surface area contributed by atoms with Crippen molar-refractivity contribution in [1.82, 2.24) is 4.90 Å². The van der Waals surface area contributed by atoms with Gasteiger partial charge in [-0.05, 0) is 12.3 Å². The number of carbonyl (C=O) groups excluding carboxylic acids is 1. The third kappa shape index (κ3) is 2.46. The molecule has 2 nitrogen and oxygen atoms in total. The third-order valence-corrected chi connectivity index (χ3v) is 3.20. The van der Waals surface area contributed by atoms with Crippen LogP contribution < -0.4 is 0 Å². The van der Waals surface area contributed by atoms with Gasteiger partial charge in [-0.15, -0.1) is 6.42 Å². The van der Waals surface area contributed by atoms with E-state index in [9.17, 15) is 4.79 Å². The molecule has 0 saturated carbocycles. The summed E-state index contributed by atoms with van der Waals surface area (Å²) in [6, 6.07) is 0. The maximum atomic E-state index is 11.1. The van der Waals surface area contributed by atoms with Gasteiger partial charge < -0.3 is 4.90 Å². The molecule has 1 rings (SSSR count). The largest absolute Gasteiger partial charge is 0.331 e. The second-order valence-corrected chi connectivity index (χ2v) is 4.45. The molecular weight excluding hydrogens is 170 g/mol. The first-order valence-electron chi connectivity index (χ1n) is 4.11. The van der Waals surface area contributed by atoms with E-state index >= 15 is 0 Å². The van der Waals surface area contributed by atoms with E-state index in [1.165, 1.54) is 0 Å². The van der Waals surface area contributed by atoms with Gasteiger partial charge in [-0.25, -0.2) is 0 Å². The predicted molar refractivity (Wildman–Crippen MR) is 52.0 cm³/mol. The summed E-state index contributed by atoms with van der Waals surface area (Å²) in [5.41, 5.74) is 0. The fourth-order valence-electron chi connectivity index (χ4n) is 1.19. The van der Waals surface area contributed by atoms with Crippen molar-refractivity contribution < 1.29 is 4.79 Å². The van der Waals surface area contributed by atoms with Crippen molar-refractivity contribution in [2.24, 2.45) is 0 Å². The standard InChI is InChI=1S/C9H13NOS/c1-3-9(11)10-5-4-8(2)12-7-6-10/h1,8H,4-7H2,2H3. The van der Waals surface area contributed by atoms with E-state index in [1.54, 1.807) is 4.90 Å². The Kier molecular flexibility index (Phi) is 3.48. The first-order valence-corrected chi connectivity index (χ1v) is 5.16. The molecule has 1 aliphatic heterocycles. The smallest absolute Gasteiger partial charge is 0.298 e. The van der Waals surface area contributed by atoms with Gasteiger partial charge in [-0.2, -0.15) is 11.8 Å². The van der Waals surface area contributed by atoms with E-state index in [2.05, 4.69) is 12.8 Å². The number of hydrogen-bond donors (Lipinski definition) is 0. The molecule has 1 heterocycles. The van der Waals surface area contributed by atoms with Gasteiger partial charge in [-0.1, -0.05) is 6.92 Å². The SMILES string of the molecule is C#CC(=O)N1CCSC(C)CC1. The summed E-state index contributed by atoms with van der Waals surface area (Å²) in [4.78, 5) is 12.9. The summed E-state index contributed by atoms with van der Waals surface area (Å²) in [5, 5.41) is 0.653. The van der Waals surface area contributed by atoms with Gasteiger partial charge in [0.2, 0.25) is 0 Å². The van der Waals surface area contributed by atoms with Crippen LogP contribution in [-0.4, -0.2) is 34.9 Å². The minimum Gasteiger partial charge on any atom is -0.331 e. The van der Waals surface area contributed by atoms with E-state index in [0.717, 1.165) is 25.3 Å². The Hall–Kier alpha value is -0.620. The lowest BCUT2D eigenvalue weighted by molar-refractivity contribution is -0.124. The summed E-state index contributed by atoms with van der Waals surface area (Å²) < 4.78 is 0. The number of carbonyl (C=O) groups is 1. The van der Waals surface area contributed by atoms with Gasteiger partial charge in [0.05, 0.1) is 0 Å². The summed E-state index contributed by atoms with van der Waals surface area (Å²) in [6.45, 7) is 3.81. The van der Waals surface area contributed by atoms with E-state index in [-0.39, 0.29) is 5.91 Å². The van der Waals surface area contributed by atoms with Crippen LogP contribution in [0.2, 0.25) is 0 Å². The Morgan fingerprint density at radius 3 is 3.08 bits per heavy atom. The minimum atomic E-state index is -0.162. The first kappa shape index (κ1) is 9.47. The van der Waals surface area contributed by atoms with Crippen LogP contribution in [0.5, 0.6) is 0 Å². The molecule has 1 amide bonds. The highest BCUT2D eigenvalue weighted by molar-refractivity contribution is 7.99. The minimum absolute atomic E-state index is 0.162. The molecule has 0 aromatic carbocycles. The number of nitrogens with zero attached hydrogens (tertiary/aromatic N) is 1. The number of hydrogen-bond acceptors (Lipinski definition) is 2. The van der Waals surface area contributed by atoms with Gasteiger partial charge in [0.1, 0.15) is 0 Å². The number of thioether (sulfide) groups is 1. The highest BCUT2D eigenvalue weighted by atomic mass is 32.2. The maximum Gasteiger partial charge on any atom is 0.298 e. The van der Waals surface area contributed by atoms with Crippen molar-refractivity contribution in [3.05, 3.63) is 0 Å². The molecule has 0 spiro atoms. The molecule has 0 aliphatic carbocycles. The molecule has 1 saturated heterocycles. The zero-order valence-electron chi connectivity index (χ0n) is 7.25. The normalized spacial score (nSPS) is 24.3. The third-order valence-electron chi connectivity index (χ3n) is 1.98. The molecule has 3 heteroatoms. The van der Waals surface area contributed by atoms with E-state index in [1.807, 2.05) is 11.8 Å². The van der Waals surface area contributed by atoms with Gasteiger partial charge in [0.15, 0.2) is 0 Å². The van der Waals surface area contributed by atoms with Crippen LogP contribution in [0.3, 0.4) is 0 Å². The summed E-state index contributed by atoms with van der Waals surface area (Å²) in [5.74, 6) is 3.00. The molecule has 1 unspecified atom stereocenters. The summed E-state index contributed by atoms with van der Waals surface area (Å²) in [7, 11) is 0.